The molecule has 0 spiro atoms. The molecule has 4 nitrogen and oxygen atoms in total. The first kappa shape index (κ1) is 11.6. The topological polar surface area (TPSA) is 86.7 Å². The van der Waals surface area contributed by atoms with Crippen molar-refractivity contribution < 1.29 is 15.3 Å². The fourth-order valence-electron chi connectivity index (χ4n) is 0.0943. The molecule has 0 aliphatic rings. The van der Waals surface area contributed by atoms with Gasteiger partial charge in [-0.2, -0.15) is 0 Å². The molecule has 0 aromatic carbocycles. The number of nitrogens with two attached hydrogens (primary N) is 1. The Morgan fingerprint density at radius 2 is 1.67 bits per heavy atom. The van der Waals surface area contributed by atoms with Crippen molar-refractivity contribution in [3.05, 3.63) is 0 Å². The third kappa shape index (κ3) is 7.84. The van der Waals surface area contributed by atoms with Crippen molar-refractivity contribution in [2.45, 2.75) is 13.2 Å². The third-order valence-electron chi connectivity index (χ3n) is 0.797. The summed E-state index contributed by atoms with van der Waals surface area (Å²) in [6, 6.07) is 0. The molecule has 1 atom stereocenters. The molecule has 0 aliphatic carbocycles. The summed E-state index contributed by atoms with van der Waals surface area (Å²) in [6.45, 7) is 1.36. The lowest BCUT2D eigenvalue weighted by atomic mass is 10.2. The van der Waals surface area contributed by atoms with E-state index in [0.717, 1.165) is 0 Å². The van der Waals surface area contributed by atoms with Gasteiger partial charge in [-0.1, -0.05) is 6.92 Å². The van der Waals surface area contributed by atoms with Gasteiger partial charge in [0.2, 0.25) is 0 Å². The number of rotatable bonds is 2. The summed E-state index contributed by atoms with van der Waals surface area (Å²) in [5, 5.41) is 24.6. The van der Waals surface area contributed by atoms with E-state index >= 15 is 0 Å². The molecule has 0 saturated heterocycles. The van der Waals surface area contributed by atoms with Gasteiger partial charge >= 0.3 is 0 Å². The molecule has 0 aromatic rings. The fraction of sp³-hybridized carbons (Fsp3) is 1.00. The number of aliphatic hydroxyl groups is 3. The average molecular weight is 137 g/mol. The highest BCUT2D eigenvalue weighted by Gasteiger charge is 2.06. The zero-order valence-electron chi connectivity index (χ0n) is 5.78. The number of aliphatic hydroxyl groups excluding tert-OH is 2. The van der Waals surface area contributed by atoms with E-state index in [0.29, 0.717) is 0 Å². The lowest BCUT2D eigenvalue weighted by Gasteiger charge is -2.07. The lowest BCUT2D eigenvalue weighted by Crippen LogP contribution is -2.19. The van der Waals surface area contributed by atoms with E-state index in [4.69, 9.17) is 15.3 Å². The molecule has 0 bridgehead atoms. The smallest absolute Gasteiger partial charge is 0.156 e. The van der Waals surface area contributed by atoms with Crippen LogP contribution in [0.5, 0.6) is 0 Å². The normalized spacial score (nSPS) is 12.3. The molecule has 0 fully saturated rings. The summed E-state index contributed by atoms with van der Waals surface area (Å²) < 4.78 is 0. The summed E-state index contributed by atoms with van der Waals surface area (Å²) in [5.74, 6) is -0.431. The second-order valence-corrected chi connectivity index (χ2v) is 1.57. The van der Waals surface area contributed by atoms with E-state index < -0.39 is 12.2 Å². The lowest BCUT2D eigenvalue weighted by molar-refractivity contribution is -0.0903. The quantitative estimate of drug-likeness (QED) is 0.349. The van der Waals surface area contributed by atoms with Crippen LogP contribution in [0.2, 0.25) is 0 Å². The van der Waals surface area contributed by atoms with Crippen LogP contribution in [0.1, 0.15) is 6.92 Å². The minimum atomic E-state index is -1.38. The molecule has 0 heterocycles. The SMILES string of the molecule is CC(CO)C(O)O.CN. The van der Waals surface area contributed by atoms with Gasteiger partial charge in [0.15, 0.2) is 6.29 Å². The van der Waals surface area contributed by atoms with E-state index in [2.05, 4.69) is 5.73 Å². The third-order valence-corrected chi connectivity index (χ3v) is 0.797. The van der Waals surface area contributed by atoms with Crippen LogP contribution in [0.15, 0.2) is 0 Å². The minimum Gasteiger partial charge on any atom is -0.396 e. The molecule has 0 aliphatic heterocycles. The van der Waals surface area contributed by atoms with Crippen LogP contribution < -0.4 is 5.73 Å². The molecular formula is C5H15NO3. The highest BCUT2D eigenvalue weighted by Crippen LogP contribution is 1.95. The Morgan fingerprint density at radius 1 is 1.33 bits per heavy atom. The molecule has 0 aromatic heterocycles. The maximum absolute atomic E-state index is 8.22. The van der Waals surface area contributed by atoms with Crippen molar-refractivity contribution in [2.75, 3.05) is 13.7 Å². The van der Waals surface area contributed by atoms with Crippen molar-refractivity contribution >= 4 is 0 Å². The molecule has 0 rings (SSSR count). The van der Waals surface area contributed by atoms with Crippen molar-refractivity contribution in [3.63, 3.8) is 0 Å². The Kier molecular flexibility index (Phi) is 10.1. The summed E-state index contributed by atoms with van der Waals surface area (Å²) >= 11 is 0. The van der Waals surface area contributed by atoms with E-state index in [1.165, 1.54) is 7.05 Å². The van der Waals surface area contributed by atoms with Gasteiger partial charge in [0.05, 0.1) is 6.61 Å². The van der Waals surface area contributed by atoms with Gasteiger partial charge in [-0.25, -0.2) is 0 Å². The number of hydrogen-bond acceptors (Lipinski definition) is 4. The second kappa shape index (κ2) is 7.84. The van der Waals surface area contributed by atoms with Gasteiger partial charge in [-0.15, -0.1) is 0 Å². The summed E-state index contributed by atoms with van der Waals surface area (Å²) in [7, 11) is 1.50. The Hall–Kier alpha value is -0.160. The van der Waals surface area contributed by atoms with Crippen molar-refractivity contribution in [1.29, 1.82) is 0 Å². The zero-order valence-corrected chi connectivity index (χ0v) is 5.78. The highest BCUT2D eigenvalue weighted by atomic mass is 16.5. The molecule has 5 N–H and O–H groups in total. The van der Waals surface area contributed by atoms with Crippen LogP contribution in [0.3, 0.4) is 0 Å². The largest absolute Gasteiger partial charge is 0.396 e. The standard InChI is InChI=1S/C4H10O3.CH5N/c1-3(2-5)4(6)7;1-2/h3-7H,2H2,1H3;2H2,1H3. The van der Waals surface area contributed by atoms with Crippen LogP contribution in [-0.2, 0) is 0 Å². The summed E-state index contributed by atoms with van der Waals surface area (Å²) in [4.78, 5) is 0. The van der Waals surface area contributed by atoms with Crippen molar-refractivity contribution in [1.82, 2.24) is 0 Å². The molecule has 9 heavy (non-hydrogen) atoms. The molecule has 1 unspecified atom stereocenters. The van der Waals surface area contributed by atoms with Gasteiger partial charge < -0.3 is 21.1 Å². The van der Waals surface area contributed by atoms with Gasteiger partial charge in [0.1, 0.15) is 0 Å². The first-order valence-corrected chi connectivity index (χ1v) is 2.73. The van der Waals surface area contributed by atoms with Gasteiger partial charge in [-0.05, 0) is 7.05 Å². The van der Waals surface area contributed by atoms with Gasteiger partial charge in [0, 0.05) is 5.92 Å². The second-order valence-electron chi connectivity index (χ2n) is 1.57. The maximum atomic E-state index is 8.22. The predicted octanol–water partition coefficient (Wildman–Crippen LogP) is -1.50. The Balaban J connectivity index is 0. The minimum absolute atomic E-state index is 0.183. The van der Waals surface area contributed by atoms with Crippen LogP contribution in [0.25, 0.3) is 0 Å². The summed E-state index contributed by atoms with van der Waals surface area (Å²) in [5.41, 5.74) is 4.50. The Bertz CT molecular complexity index is 49.5. The van der Waals surface area contributed by atoms with E-state index in [-0.39, 0.29) is 6.61 Å². The Morgan fingerprint density at radius 3 is 1.67 bits per heavy atom. The molecular weight excluding hydrogens is 122 g/mol. The zero-order chi connectivity index (χ0) is 7.86. The summed E-state index contributed by atoms with van der Waals surface area (Å²) in [6.07, 6.45) is -1.38. The predicted molar refractivity (Wildman–Crippen MR) is 34.6 cm³/mol. The van der Waals surface area contributed by atoms with Crippen LogP contribution in [0.4, 0.5) is 0 Å². The monoisotopic (exact) mass is 137 g/mol. The van der Waals surface area contributed by atoms with Gasteiger partial charge in [0.25, 0.3) is 0 Å². The highest BCUT2D eigenvalue weighted by molar-refractivity contribution is 4.47. The van der Waals surface area contributed by atoms with Crippen molar-refractivity contribution in [3.8, 4) is 0 Å². The fourth-order valence-corrected chi connectivity index (χ4v) is 0.0943. The molecule has 4 heteroatoms. The van der Waals surface area contributed by atoms with Crippen LogP contribution in [-0.4, -0.2) is 35.3 Å². The molecule has 0 saturated carbocycles. The van der Waals surface area contributed by atoms with E-state index in [1.54, 1.807) is 6.92 Å². The van der Waals surface area contributed by atoms with E-state index in [1.807, 2.05) is 0 Å². The molecule has 58 valence electrons. The molecule has 0 radical (unpaired) electrons. The first-order valence-electron chi connectivity index (χ1n) is 2.73. The van der Waals surface area contributed by atoms with E-state index in [9.17, 15) is 0 Å². The maximum Gasteiger partial charge on any atom is 0.156 e. The van der Waals surface area contributed by atoms with Gasteiger partial charge in [-0.3, -0.25) is 0 Å². The molecule has 0 amide bonds. The Labute approximate surface area is 54.9 Å². The first-order chi connectivity index (χ1) is 4.18. The average Bonchev–Trinajstić information content (AvgIpc) is 1.91. The number of hydrogen-bond donors (Lipinski definition) is 4. The van der Waals surface area contributed by atoms with Crippen LogP contribution in [0, 0.1) is 5.92 Å². The van der Waals surface area contributed by atoms with Crippen LogP contribution >= 0.6 is 0 Å². The van der Waals surface area contributed by atoms with Crippen molar-refractivity contribution in [2.24, 2.45) is 11.7 Å².